The van der Waals surface area contributed by atoms with Gasteiger partial charge in [-0.05, 0) is 38.2 Å². The Balaban J connectivity index is 0.00000441. The van der Waals surface area contributed by atoms with E-state index < -0.39 is 16.0 Å². The third kappa shape index (κ3) is 6.61. The van der Waals surface area contributed by atoms with Crippen LogP contribution in [0.5, 0.6) is 5.75 Å². The number of rotatable bonds is 8. The summed E-state index contributed by atoms with van der Waals surface area (Å²) >= 11 is 0. The van der Waals surface area contributed by atoms with E-state index in [2.05, 4.69) is 14.8 Å². The highest BCUT2D eigenvalue weighted by Gasteiger charge is 2.14. The number of nitrogens with one attached hydrogen (secondary N) is 2. The van der Waals surface area contributed by atoms with Crippen LogP contribution in [0.3, 0.4) is 0 Å². The number of ether oxygens (including phenoxy) is 2. The lowest BCUT2D eigenvalue weighted by Gasteiger charge is -2.12. The van der Waals surface area contributed by atoms with E-state index in [1.807, 2.05) is 6.92 Å². The molecular formula is C13H21ClN2O5S. The van der Waals surface area contributed by atoms with Gasteiger partial charge in [0, 0.05) is 12.6 Å². The van der Waals surface area contributed by atoms with Crippen molar-refractivity contribution in [3.8, 4) is 5.75 Å². The van der Waals surface area contributed by atoms with Crippen molar-refractivity contribution in [2.75, 3.05) is 27.3 Å². The normalized spacial score (nSPS) is 12.1. The topological polar surface area (TPSA) is 93.7 Å². The van der Waals surface area contributed by atoms with Crippen LogP contribution in [-0.2, 0) is 19.6 Å². The molecule has 0 amide bonds. The van der Waals surface area contributed by atoms with Crippen molar-refractivity contribution in [3.63, 3.8) is 0 Å². The Bertz CT molecular complexity index is 562. The summed E-state index contributed by atoms with van der Waals surface area (Å²) in [7, 11) is -0.536. The number of hydrogen-bond acceptors (Lipinski definition) is 6. The minimum absolute atomic E-state index is 0. The summed E-state index contributed by atoms with van der Waals surface area (Å²) in [5.74, 6) is -0.114. The minimum atomic E-state index is -3.56. The molecule has 2 N–H and O–H groups in total. The molecule has 0 radical (unpaired) electrons. The van der Waals surface area contributed by atoms with Crippen LogP contribution in [-0.4, -0.2) is 47.7 Å². The number of carbonyl (C=O) groups is 1. The average molecular weight is 353 g/mol. The fourth-order valence-corrected chi connectivity index (χ4v) is 2.47. The summed E-state index contributed by atoms with van der Waals surface area (Å²) in [4.78, 5) is 11.1. The van der Waals surface area contributed by atoms with Crippen molar-refractivity contribution in [3.05, 3.63) is 24.3 Å². The molecule has 1 aromatic rings. The zero-order valence-electron chi connectivity index (χ0n) is 12.7. The minimum Gasteiger partial charge on any atom is -0.482 e. The van der Waals surface area contributed by atoms with Crippen molar-refractivity contribution in [1.29, 1.82) is 0 Å². The van der Waals surface area contributed by atoms with Crippen LogP contribution in [0.2, 0.25) is 0 Å². The smallest absolute Gasteiger partial charge is 0.343 e. The monoisotopic (exact) mass is 352 g/mol. The Morgan fingerprint density at radius 3 is 2.36 bits per heavy atom. The second-order valence-electron chi connectivity index (χ2n) is 4.38. The van der Waals surface area contributed by atoms with Crippen LogP contribution in [0.4, 0.5) is 0 Å². The molecular weight excluding hydrogens is 332 g/mol. The van der Waals surface area contributed by atoms with Crippen molar-refractivity contribution in [2.24, 2.45) is 0 Å². The van der Waals surface area contributed by atoms with Crippen LogP contribution in [0.1, 0.15) is 6.92 Å². The first-order valence-electron chi connectivity index (χ1n) is 6.35. The Hall–Kier alpha value is -1.35. The third-order valence-electron chi connectivity index (χ3n) is 2.79. The number of sulfonamides is 1. The Labute approximate surface area is 136 Å². The molecule has 0 aliphatic rings. The second kappa shape index (κ2) is 9.62. The standard InChI is InChI=1S/C13H20N2O5S.ClH/c1-10(14-2)8-15-21(17,18)12-6-4-11(5-7-12)20-9-13(16)19-3;/h4-7,10,14-15H,8-9H2,1-3H3;1H. The molecule has 1 rings (SSSR count). The van der Waals surface area contributed by atoms with E-state index in [1.54, 1.807) is 7.05 Å². The van der Waals surface area contributed by atoms with Gasteiger partial charge < -0.3 is 14.8 Å². The highest BCUT2D eigenvalue weighted by molar-refractivity contribution is 7.89. The summed E-state index contributed by atoms with van der Waals surface area (Å²) < 4.78 is 36.1. The predicted octanol–water partition coefficient (Wildman–Crippen LogP) is 0.546. The Morgan fingerprint density at radius 2 is 1.86 bits per heavy atom. The van der Waals surface area contributed by atoms with Gasteiger partial charge in [-0.2, -0.15) is 0 Å². The maximum absolute atomic E-state index is 12.0. The molecule has 0 fully saturated rings. The first-order valence-corrected chi connectivity index (χ1v) is 7.84. The van der Waals surface area contributed by atoms with Crippen molar-refractivity contribution in [2.45, 2.75) is 17.9 Å². The van der Waals surface area contributed by atoms with Gasteiger partial charge in [0.05, 0.1) is 12.0 Å². The van der Waals surface area contributed by atoms with Crippen LogP contribution in [0.15, 0.2) is 29.2 Å². The highest BCUT2D eigenvalue weighted by atomic mass is 35.5. The van der Waals surface area contributed by atoms with Crippen molar-refractivity contribution < 1.29 is 22.7 Å². The van der Waals surface area contributed by atoms with Gasteiger partial charge in [-0.25, -0.2) is 17.9 Å². The molecule has 0 saturated carbocycles. The van der Waals surface area contributed by atoms with Gasteiger partial charge >= 0.3 is 5.97 Å². The van der Waals surface area contributed by atoms with E-state index in [0.717, 1.165) is 0 Å². The third-order valence-corrected chi connectivity index (χ3v) is 4.23. The van der Waals surface area contributed by atoms with E-state index >= 15 is 0 Å². The molecule has 0 heterocycles. The zero-order chi connectivity index (χ0) is 15.9. The summed E-state index contributed by atoms with van der Waals surface area (Å²) in [6.45, 7) is 1.94. The predicted molar refractivity (Wildman–Crippen MR) is 84.9 cm³/mol. The molecule has 0 saturated heterocycles. The molecule has 1 aromatic carbocycles. The molecule has 1 atom stereocenters. The maximum atomic E-state index is 12.0. The molecule has 0 aromatic heterocycles. The lowest BCUT2D eigenvalue weighted by molar-refractivity contribution is -0.142. The van der Waals surface area contributed by atoms with Crippen molar-refractivity contribution >= 4 is 28.4 Å². The molecule has 0 spiro atoms. The number of halogens is 1. The molecule has 7 nitrogen and oxygen atoms in total. The zero-order valence-corrected chi connectivity index (χ0v) is 14.3. The first-order chi connectivity index (χ1) is 9.89. The van der Waals surface area contributed by atoms with E-state index in [-0.39, 0.29) is 30.0 Å². The number of benzene rings is 1. The maximum Gasteiger partial charge on any atom is 0.343 e. The lowest BCUT2D eigenvalue weighted by Crippen LogP contribution is -2.37. The molecule has 126 valence electrons. The first kappa shape index (κ1) is 20.6. The van der Waals surface area contributed by atoms with Gasteiger partial charge in [0.1, 0.15) is 5.75 Å². The summed E-state index contributed by atoms with van der Waals surface area (Å²) in [6.07, 6.45) is 0. The fraction of sp³-hybridized carbons (Fsp3) is 0.462. The Morgan fingerprint density at radius 1 is 1.27 bits per heavy atom. The van der Waals surface area contributed by atoms with Gasteiger partial charge in [0.25, 0.3) is 0 Å². The number of hydrogen-bond donors (Lipinski definition) is 2. The van der Waals surface area contributed by atoms with Gasteiger partial charge in [0.2, 0.25) is 10.0 Å². The number of methoxy groups -OCH3 is 1. The second-order valence-corrected chi connectivity index (χ2v) is 6.14. The van der Waals surface area contributed by atoms with Gasteiger partial charge in [-0.1, -0.05) is 0 Å². The molecule has 9 heteroatoms. The van der Waals surface area contributed by atoms with Gasteiger partial charge in [0.15, 0.2) is 6.61 Å². The van der Waals surface area contributed by atoms with Crippen LogP contribution >= 0.6 is 12.4 Å². The van der Waals surface area contributed by atoms with Gasteiger partial charge in [-0.3, -0.25) is 0 Å². The molecule has 1 unspecified atom stereocenters. The van der Waals surface area contributed by atoms with Crippen LogP contribution < -0.4 is 14.8 Å². The fourth-order valence-electron chi connectivity index (χ4n) is 1.34. The average Bonchev–Trinajstić information content (AvgIpc) is 2.50. The van der Waals surface area contributed by atoms with Crippen LogP contribution in [0, 0.1) is 0 Å². The van der Waals surface area contributed by atoms with Crippen molar-refractivity contribution in [1.82, 2.24) is 10.0 Å². The Kier molecular flexibility index (Phi) is 9.03. The summed E-state index contributed by atoms with van der Waals surface area (Å²) in [5.41, 5.74) is 0. The molecule has 22 heavy (non-hydrogen) atoms. The molecule has 0 aliphatic heterocycles. The van der Waals surface area contributed by atoms with Gasteiger partial charge in [-0.15, -0.1) is 12.4 Å². The number of carbonyl (C=O) groups excluding carboxylic acids is 1. The van der Waals surface area contributed by atoms with E-state index in [1.165, 1.54) is 31.4 Å². The molecule has 0 aliphatic carbocycles. The van der Waals surface area contributed by atoms with E-state index in [4.69, 9.17) is 4.74 Å². The van der Waals surface area contributed by atoms with E-state index in [9.17, 15) is 13.2 Å². The van der Waals surface area contributed by atoms with E-state index in [0.29, 0.717) is 12.3 Å². The van der Waals surface area contributed by atoms with Crippen LogP contribution in [0.25, 0.3) is 0 Å². The highest BCUT2D eigenvalue weighted by Crippen LogP contribution is 2.15. The summed E-state index contributed by atoms with van der Waals surface area (Å²) in [5, 5.41) is 2.94. The quantitative estimate of drug-likeness (QED) is 0.663. The number of likely N-dealkylation sites (N-methyl/N-ethyl adjacent to an activating group) is 1. The summed E-state index contributed by atoms with van der Waals surface area (Å²) in [6, 6.07) is 5.83. The SMILES string of the molecule is CNC(C)CNS(=O)(=O)c1ccc(OCC(=O)OC)cc1.Cl. The largest absolute Gasteiger partial charge is 0.482 e. The lowest BCUT2D eigenvalue weighted by atomic mass is 10.3. The molecule has 0 bridgehead atoms. The number of esters is 1.